The summed E-state index contributed by atoms with van der Waals surface area (Å²) in [6.07, 6.45) is 3.16. The predicted molar refractivity (Wildman–Crippen MR) is 132 cm³/mol. The first-order chi connectivity index (χ1) is 16.4. The minimum absolute atomic E-state index is 0.126. The first kappa shape index (κ1) is 22.0. The summed E-state index contributed by atoms with van der Waals surface area (Å²) in [5.74, 6) is 0.260. The number of ether oxygens (including phenoxy) is 1. The van der Waals surface area contributed by atoms with E-state index < -0.39 is 10.0 Å². The highest BCUT2D eigenvalue weighted by Crippen LogP contribution is 2.37. The lowest BCUT2D eigenvalue weighted by Gasteiger charge is -2.13. The van der Waals surface area contributed by atoms with Crippen molar-refractivity contribution in [2.24, 2.45) is 0 Å². The van der Waals surface area contributed by atoms with Gasteiger partial charge in [-0.15, -0.1) is 11.3 Å². The molecule has 0 aliphatic rings. The minimum Gasteiger partial charge on any atom is -0.496 e. The highest BCUT2D eigenvalue weighted by atomic mass is 32.2. The van der Waals surface area contributed by atoms with Gasteiger partial charge in [0.15, 0.2) is 5.13 Å². The summed E-state index contributed by atoms with van der Waals surface area (Å²) in [5.41, 5.74) is 2.93. The van der Waals surface area contributed by atoms with E-state index in [-0.39, 0.29) is 10.7 Å². The maximum atomic E-state index is 13.7. The van der Waals surface area contributed by atoms with Gasteiger partial charge < -0.3 is 4.74 Å². The first-order valence-electron chi connectivity index (χ1n) is 10.2. The molecule has 5 rings (SSSR count). The Labute approximate surface area is 199 Å². The van der Waals surface area contributed by atoms with Crippen LogP contribution in [-0.4, -0.2) is 25.5 Å². The maximum Gasteiger partial charge on any atom is 0.263 e. The van der Waals surface area contributed by atoms with Crippen molar-refractivity contribution in [3.63, 3.8) is 0 Å². The van der Waals surface area contributed by atoms with E-state index >= 15 is 0 Å². The molecule has 0 aliphatic heterocycles. The number of nitrogens with one attached hydrogen (secondary N) is 1. The normalized spacial score (nSPS) is 11.5. The third kappa shape index (κ3) is 4.23. The van der Waals surface area contributed by atoms with Crippen LogP contribution in [0.25, 0.3) is 33.2 Å². The number of anilines is 1. The van der Waals surface area contributed by atoms with Crippen molar-refractivity contribution in [2.75, 3.05) is 11.8 Å². The zero-order valence-corrected chi connectivity index (χ0v) is 19.5. The van der Waals surface area contributed by atoms with Crippen molar-refractivity contribution in [3.05, 3.63) is 90.3 Å². The first-order valence-corrected chi connectivity index (χ1v) is 12.6. The van der Waals surface area contributed by atoms with Crippen LogP contribution in [0, 0.1) is 5.82 Å². The number of halogens is 1. The highest BCUT2D eigenvalue weighted by Gasteiger charge is 2.18. The van der Waals surface area contributed by atoms with E-state index in [0.29, 0.717) is 22.0 Å². The zero-order valence-electron chi connectivity index (χ0n) is 17.9. The van der Waals surface area contributed by atoms with Gasteiger partial charge in [-0.3, -0.25) is 9.71 Å². The molecule has 1 N–H and O–H groups in total. The van der Waals surface area contributed by atoms with Crippen molar-refractivity contribution in [1.82, 2.24) is 9.97 Å². The molecule has 170 valence electrons. The van der Waals surface area contributed by atoms with Gasteiger partial charge in [0.25, 0.3) is 10.0 Å². The third-order valence-electron chi connectivity index (χ3n) is 5.31. The maximum absolute atomic E-state index is 13.7. The van der Waals surface area contributed by atoms with Crippen LogP contribution >= 0.6 is 11.3 Å². The van der Waals surface area contributed by atoms with Crippen LogP contribution in [0.3, 0.4) is 0 Å². The SMILES string of the molecule is COc1cc(-c2cccc(F)c2)ccc1-c1nccc2cc(S(=O)(=O)Nc3nccs3)ccc12. The van der Waals surface area contributed by atoms with Crippen molar-refractivity contribution in [2.45, 2.75) is 4.90 Å². The second-order valence-corrected chi connectivity index (χ2v) is 9.99. The molecule has 34 heavy (non-hydrogen) atoms. The molecule has 0 bridgehead atoms. The summed E-state index contributed by atoms with van der Waals surface area (Å²) in [4.78, 5) is 8.65. The molecular weight excluding hydrogens is 473 g/mol. The molecule has 0 amide bonds. The largest absolute Gasteiger partial charge is 0.496 e. The minimum atomic E-state index is -3.78. The lowest BCUT2D eigenvalue weighted by molar-refractivity contribution is 0.416. The number of hydrogen-bond acceptors (Lipinski definition) is 6. The average molecular weight is 492 g/mol. The van der Waals surface area contributed by atoms with Crippen molar-refractivity contribution in [1.29, 1.82) is 0 Å². The van der Waals surface area contributed by atoms with Crippen molar-refractivity contribution < 1.29 is 17.5 Å². The van der Waals surface area contributed by atoms with Gasteiger partial charge in [0, 0.05) is 28.7 Å². The Bertz CT molecular complexity index is 1600. The summed E-state index contributed by atoms with van der Waals surface area (Å²) < 4.78 is 47.4. The second-order valence-electron chi connectivity index (χ2n) is 7.41. The molecule has 0 aliphatic carbocycles. The van der Waals surface area contributed by atoms with Gasteiger partial charge in [-0.1, -0.05) is 24.3 Å². The highest BCUT2D eigenvalue weighted by molar-refractivity contribution is 7.93. The summed E-state index contributed by atoms with van der Waals surface area (Å²) in [6, 6.07) is 18.6. The topological polar surface area (TPSA) is 81.2 Å². The van der Waals surface area contributed by atoms with Crippen LogP contribution in [0.5, 0.6) is 5.75 Å². The van der Waals surface area contributed by atoms with Gasteiger partial charge in [0.05, 0.1) is 17.7 Å². The number of thiazole rings is 1. The quantitative estimate of drug-likeness (QED) is 0.316. The molecule has 2 heterocycles. The molecule has 0 spiro atoms. The van der Waals surface area contributed by atoms with E-state index in [1.54, 1.807) is 43.0 Å². The summed E-state index contributed by atoms with van der Waals surface area (Å²) in [5, 5.41) is 3.48. The Morgan fingerprint density at radius 2 is 1.79 bits per heavy atom. The van der Waals surface area contributed by atoms with Gasteiger partial charge in [-0.25, -0.2) is 17.8 Å². The van der Waals surface area contributed by atoms with Crippen molar-refractivity contribution in [3.8, 4) is 28.1 Å². The Balaban J connectivity index is 1.56. The van der Waals surface area contributed by atoms with E-state index in [0.717, 1.165) is 22.1 Å². The predicted octanol–water partition coefficient (Wildman–Crippen LogP) is 5.97. The van der Waals surface area contributed by atoms with Crippen molar-refractivity contribution >= 4 is 37.3 Å². The lowest BCUT2D eigenvalue weighted by Crippen LogP contribution is -2.12. The van der Waals surface area contributed by atoms with Gasteiger partial charge in [0.1, 0.15) is 11.6 Å². The van der Waals surface area contributed by atoms with E-state index in [1.807, 2.05) is 24.3 Å². The van der Waals surface area contributed by atoms with Crippen LogP contribution in [0.2, 0.25) is 0 Å². The van der Waals surface area contributed by atoms with E-state index in [4.69, 9.17) is 4.74 Å². The van der Waals surface area contributed by atoms with Crippen LogP contribution < -0.4 is 9.46 Å². The van der Waals surface area contributed by atoms with Gasteiger partial charge >= 0.3 is 0 Å². The fourth-order valence-electron chi connectivity index (χ4n) is 3.72. The second kappa shape index (κ2) is 8.85. The Hall–Kier alpha value is -3.82. The molecule has 0 saturated heterocycles. The van der Waals surface area contributed by atoms with Crippen LogP contribution in [0.15, 0.2) is 89.4 Å². The number of aromatic nitrogens is 2. The Morgan fingerprint density at radius 1 is 0.941 bits per heavy atom. The van der Waals surface area contributed by atoms with Gasteiger partial charge in [-0.2, -0.15) is 0 Å². The fourth-order valence-corrected chi connectivity index (χ4v) is 5.54. The molecule has 2 aromatic heterocycles. The molecule has 0 atom stereocenters. The van der Waals surface area contributed by atoms with E-state index in [2.05, 4.69) is 14.7 Å². The number of pyridine rings is 1. The Morgan fingerprint density at radius 3 is 2.56 bits per heavy atom. The van der Waals surface area contributed by atoms with E-state index in [9.17, 15) is 12.8 Å². The molecule has 3 aromatic carbocycles. The molecular formula is C25H18FN3O3S2. The summed E-state index contributed by atoms with van der Waals surface area (Å²) in [6.45, 7) is 0. The molecule has 6 nitrogen and oxygen atoms in total. The number of fused-ring (bicyclic) bond motifs is 1. The fraction of sp³-hybridized carbons (Fsp3) is 0.0400. The Kier molecular flexibility index (Phi) is 5.72. The lowest BCUT2D eigenvalue weighted by atomic mass is 9.99. The molecule has 0 saturated carbocycles. The van der Waals surface area contributed by atoms with Crippen LogP contribution in [0.4, 0.5) is 9.52 Å². The molecule has 5 aromatic rings. The summed E-state index contributed by atoms with van der Waals surface area (Å²) >= 11 is 1.21. The standard InChI is InChI=1S/C25H18FN3O3S2/c1-32-23-15-17(16-3-2-4-19(26)13-16)5-7-22(23)24-21-8-6-20(14-18(21)9-10-27-24)34(30,31)29-25-28-11-12-33-25/h2-15H,1H3,(H,28,29). The number of benzene rings is 3. The number of hydrogen-bond donors (Lipinski definition) is 1. The average Bonchev–Trinajstić information content (AvgIpc) is 3.35. The summed E-state index contributed by atoms with van der Waals surface area (Å²) in [7, 11) is -2.22. The van der Waals surface area contributed by atoms with Crippen LogP contribution in [-0.2, 0) is 10.0 Å². The number of rotatable bonds is 6. The van der Waals surface area contributed by atoms with Gasteiger partial charge in [-0.05, 0) is 59.0 Å². The molecule has 0 unspecified atom stereocenters. The smallest absolute Gasteiger partial charge is 0.263 e. The molecule has 0 radical (unpaired) electrons. The number of methoxy groups -OCH3 is 1. The van der Waals surface area contributed by atoms with Crippen LogP contribution in [0.1, 0.15) is 0 Å². The number of nitrogens with zero attached hydrogens (tertiary/aromatic N) is 2. The van der Waals surface area contributed by atoms with E-state index in [1.165, 1.54) is 35.7 Å². The number of sulfonamides is 1. The molecule has 0 fully saturated rings. The zero-order chi connectivity index (χ0) is 23.7. The third-order valence-corrected chi connectivity index (χ3v) is 7.47. The van der Waals surface area contributed by atoms with Gasteiger partial charge in [0.2, 0.25) is 0 Å². The monoisotopic (exact) mass is 491 g/mol. The molecule has 9 heteroatoms.